The highest BCUT2D eigenvalue weighted by Crippen LogP contribution is 2.35. The number of likely N-dealkylation sites (N-methyl/N-ethyl adjacent to an activating group) is 1. The quantitative estimate of drug-likeness (QED) is 0.128. The molecule has 18 heteroatoms. The van der Waals surface area contributed by atoms with E-state index in [1.807, 2.05) is 80.4 Å². The molecular formula is C36H53N13O3S2. The van der Waals surface area contributed by atoms with Crippen LogP contribution in [-0.4, -0.2) is 93.4 Å². The highest BCUT2D eigenvalue weighted by Gasteiger charge is 2.30. The van der Waals surface area contributed by atoms with Gasteiger partial charge in [0.2, 0.25) is 5.91 Å². The number of piperazine rings is 1. The van der Waals surface area contributed by atoms with Crippen LogP contribution in [0.2, 0.25) is 0 Å². The fraction of sp³-hybridized carbons (Fsp3) is 0.361. The normalized spacial score (nSPS) is 14.8. The highest BCUT2D eigenvalue weighted by atomic mass is 32.2. The van der Waals surface area contributed by atoms with E-state index >= 15 is 0 Å². The van der Waals surface area contributed by atoms with Gasteiger partial charge in [0.15, 0.2) is 10.3 Å². The summed E-state index contributed by atoms with van der Waals surface area (Å²) in [5.74, 6) is 0.894. The lowest BCUT2D eigenvalue weighted by atomic mass is 10.1. The summed E-state index contributed by atoms with van der Waals surface area (Å²) >= 11 is 3.19. The molecule has 1 aliphatic rings. The Labute approximate surface area is 328 Å². The van der Waals surface area contributed by atoms with Crippen LogP contribution < -0.4 is 16.0 Å². The number of thioether (sulfide) groups is 2. The van der Waals surface area contributed by atoms with E-state index in [1.54, 1.807) is 83.6 Å². The Morgan fingerprint density at radius 2 is 1.41 bits per heavy atom. The molecule has 6 rings (SSSR count). The summed E-state index contributed by atoms with van der Waals surface area (Å²) in [6.45, 7) is 10.7. The Morgan fingerprint density at radius 1 is 0.796 bits per heavy atom. The number of aromatic nitrogens is 8. The van der Waals surface area contributed by atoms with Crippen LogP contribution in [0.15, 0.2) is 90.0 Å². The monoisotopic (exact) mass is 779 g/mol. The van der Waals surface area contributed by atoms with Gasteiger partial charge in [-0.3, -0.25) is 15.4 Å². The van der Waals surface area contributed by atoms with Crippen LogP contribution in [0.25, 0.3) is 0 Å². The van der Waals surface area contributed by atoms with Crippen LogP contribution in [0.1, 0.15) is 60.5 Å². The summed E-state index contributed by atoms with van der Waals surface area (Å²) < 4.78 is 3.74. The predicted molar refractivity (Wildman–Crippen MR) is 219 cm³/mol. The Bertz CT molecular complexity index is 1990. The minimum absolute atomic E-state index is 0. The Morgan fingerprint density at radius 3 is 1.98 bits per heavy atom. The third-order valence-corrected chi connectivity index (χ3v) is 10.5. The van der Waals surface area contributed by atoms with E-state index in [2.05, 4.69) is 60.2 Å². The molecule has 0 aliphatic carbocycles. The highest BCUT2D eigenvalue weighted by molar-refractivity contribution is 7.99. The third-order valence-electron chi connectivity index (χ3n) is 8.07. The fourth-order valence-electron chi connectivity index (χ4n) is 4.93. The SMILES string of the molecule is CC.CC1CN(C(=O)Nc2cccc([C@H](C)Sc3nncn3C)c2)CC(=O)N1C.C[C@H](Sc1nncn1C)c1ccnc(NC(=O)Nc2ccccn2)c1.[HH].[HH].[HH]. The number of carbonyl (C=O) groups is 3. The molecule has 3 atom stereocenters. The number of carbonyl (C=O) groups excluding carboxylic acids is 3. The van der Waals surface area contributed by atoms with Gasteiger partial charge in [-0.1, -0.05) is 55.6 Å². The van der Waals surface area contributed by atoms with Crippen LogP contribution in [0, 0.1) is 0 Å². The van der Waals surface area contributed by atoms with Crippen molar-refractivity contribution < 1.29 is 18.7 Å². The van der Waals surface area contributed by atoms with Crippen molar-refractivity contribution in [3.05, 3.63) is 90.8 Å². The molecule has 0 spiro atoms. The van der Waals surface area contributed by atoms with Crippen molar-refractivity contribution in [1.82, 2.24) is 49.3 Å². The van der Waals surface area contributed by atoms with Crippen molar-refractivity contribution in [3.8, 4) is 0 Å². The number of hydrogen-bond acceptors (Lipinski definition) is 11. The van der Waals surface area contributed by atoms with Crippen molar-refractivity contribution in [2.75, 3.05) is 36.1 Å². The number of urea groups is 2. The summed E-state index contributed by atoms with van der Waals surface area (Å²) in [6.07, 6.45) is 6.61. The lowest BCUT2D eigenvalue weighted by Gasteiger charge is -2.37. The molecule has 3 N–H and O–H groups in total. The van der Waals surface area contributed by atoms with Crippen molar-refractivity contribution in [3.63, 3.8) is 0 Å². The number of nitrogens with zero attached hydrogens (tertiary/aromatic N) is 10. The topological polar surface area (TPSA) is 181 Å². The third kappa shape index (κ3) is 11.8. The van der Waals surface area contributed by atoms with Gasteiger partial charge < -0.3 is 24.3 Å². The molecule has 1 saturated heterocycles. The molecule has 0 bridgehead atoms. The first-order chi connectivity index (χ1) is 26.0. The molecule has 5 heterocycles. The van der Waals surface area contributed by atoms with E-state index < -0.39 is 6.03 Å². The minimum Gasteiger partial charge on any atom is -0.340 e. The van der Waals surface area contributed by atoms with Crippen LogP contribution >= 0.6 is 23.5 Å². The van der Waals surface area contributed by atoms with E-state index in [0.717, 1.165) is 21.4 Å². The average molecular weight is 780 g/mol. The Hall–Kier alpha value is -5.49. The molecule has 54 heavy (non-hydrogen) atoms. The maximum Gasteiger partial charge on any atom is 0.326 e. The summed E-state index contributed by atoms with van der Waals surface area (Å²) in [5, 5.41) is 26.1. The van der Waals surface area contributed by atoms with Crippen LogP contribution in [0.3, 0.4) is 0 Å². The van der Waals surface area contributed by atoms with Crippen molar-refractivity contribution >= 4 is 58.8 Å². The number of amides is 5. The van der Waals surface area contributed by atoms with Gasteiger partial charge in [0.1, 0.15) is 30.8 Å². The summed E-state index contributed by atoms with van der Waals surface area (Å²) in [6, 6.07) is 16.1. The number of aryl methyl sites for hydroxylation is 2. The molecule has 1 unspecified atom stereocenters. The molecule has 5 amide bonds. The lowest BCUT2D eigenvalue weighted by Crippen LogP contribution is -2.56. The summed E-state index contributed by atoms with van der Waals surface area (Å²) in [4.78, 5) is 48.0. The second-order valence-corrected chi connectivity index (χ2v) is 14.6. The molecule has 1 aromatic carbocycles. The van der Waals surface area contributed by atoms with Gasteiger partial charge in [0.05, 0.1) is 0 Å². The molecular weight excluding hydrogens is 727 g/mol. The molecule has 0 saturated carbocycles. The van der Waals surface area contributed by atoms with Gasteiger partial charge in [-0.05, 0) is 68.3 Å². The fourth-order valence-corrected chi connectivity index (χ4v) is 6.75. The maximum absolute atomic E-state index is 12.6. The lowest BCUT2D eigenvalue weighted by molar-refractivity contribution is -0.135. The number of hydrogen-bond donors (Lipinski definition) is 3. The average Bonchev–Trinajstić information content (AvgIpc) is 3.77. The Kier molecular flexibility index (Phi) is 15.4. The number of rotatable bonds is 9. The van der Waals surface area contributed by atoms with Gasteiger partial charge in [0.25, 0.3) is 0 Å². The van der Waals surface area contributed by atoms with Gasteiger partial charge in [-0.2, -0.15) is 0 Å². The first-order valence-corrected chi connectivity index (χ1v) is 19.1. The summed E-state index contributed by atoms with van der Waals surface area (Å²) in [7, 11) is 5.57. The van der Waals surface area contributed by atoms with Crippen molar-refractivity contribution in [2.24, 2.45) is 14.1 Å². The number of nitrogens with one attached hydrogen (secondary N) is 3. The molecule has 5 aromatic rings. The van der Waals surface area contributed by atoms with Crippen molar-refractivity contribution in [2.45, 2.75) is 61.5 Å². The minimum atomic E-state index is -0.392. The molecule has 16 nitrogen and oxygen atoms in total. The van der Waals surface area contributed by atoms with Crippen molar-refractivity contribution in [1.29, 1.82) is 0 Å². The summed E-state index contributed by atoms with van der Waals surface area (Å²) in [5.41, 5.74) is 2.81. The second kappa shape index (κ2) is 20.1. The van der Waals surface area contributed by atoms with Gasteiger partial charge in [0, 0.05) is 66.6 Å². The Balaban J connectivity index is 0.000000521. The number of anilines is 3. The maximum atomic E-state index is 12.6. The zero-order valence-corrected chi connectivity index (χ0v) is 33.3. The van der Waals surface area contributed by atoms with Gasteiger partial charge >= 0.3 is 12.1 Å². The standard InChI is InChI=1S/C18H24N6O2S.C16H17N7OS.C2H6.3H2/c1-12-9-24(10-16(25)23(12)4)17(26)20-15-7-5-6-14(8-15)13(2)27-18-21-19-11-22(18)3;1-11(25-16-22-19-10-23(16)2)12-6-8-18-14(9-12)21-15(24)20-13-5-3-4-7-17-13;1-2;;;/h5-8,11-13H,9-10H2,1-4H3,(H,20,26);3-11H,1-2H3,(H2,17,18,20,21,24);1-2H3;3*1H/t12?,13-;11-;;;;/m00..../s1. The van der Waals surface area contributed by atoms with E-state index in [1.165, 1.54) is 0 Å². The molecule has 1 aliphatic heterocycles. The molecule has 1 fully saturated rings. The largest absolute Gasteiger partial charge is 0.340 e. The van der Waals surface area contributed by atoms with Crippen LogP contribution in [0.4, 0.5) is 26.9 Å². The molecule has 292 valence electrons. The van der Waals surface area contributed by atoms with Gasteiger partial charge in [-0.25, -0.2) is 19.6 Å². The predicted octanol–water partition coefficient (Wildman–Crippen LogP) is 7.23. The van der Waals surface area contributed by atoms with E-state index in [4.69, 9.17) is 0 Å². The first-order valence-electron chi connectivity index (χ1n) is 17.3. The van der Waals surface area contributed by atoms with E-state index in [-0.39, 0.29) is 39.3 Å². The molecule has 0 radical (unpaired) electrons. The molecule has 4 aromatic heterocycles. The zero-order chi connectivity index (χ0) is 39.2. The smallest absolute Gasteiger partial charge is 0.326 e. The van der Waals surface area contributed by atoms with Gasteiger partial charge in [-0.15, -0.1) is 20.4 Å². The first kappa shape index (κ1) is 41.3. The van der Waals surface area contributed by atoms with E-state index in [0.29, 0.717) is 23.9 Å². The second-order valence-electron chi connectivity index (χ2n) is 12.0. The number of benzene rings is 1. The van der Waals surface area contributed by atoms with Crippen LogP contribution in [0.5, 0.6) is 0 Å². The van der Waals surface area contributed by atoms with E-state index in [9.17, 15) is 14.4 Å². The number of pyridine rings is 2. The van der Waals surface area contributed by atoms with Crippen LogP contribution in [-0.2, 0) is 18.9 Å². The zero-order valence-electron chi connectivity index (χ0n) is 31.7.